The number of terminal acetylenes is 1. The lowest BCUT2D eigenvalue weighted by Gasteiger charge is -2.05. The van der Waals surface area contributed by atoms with Crippen molar-refractivity contribution >= 4 is 11.6 Å². The first kappa shape index (κ1) is 11.8. The zero-order chi connectivity index (χ0) is 13.0. The molecule has 4 heteroatoms. The average molecular weight is 240 g/mol. The summed E-state index contributed by atoms with van der Waals surface area (Å²) in [5.74, 6) is 1.49. The van der Waals surface area contributed by atoms with Gasteiger partial charge in [-0.25, -0.2) is 4.98 Å². The highest BCUT2D eigenvalue weighted by Crippen LogP contribution is 2.11. The zero-order valence-corrected chi connectivity index (χ0v) is 9.35. The Morgan fingerprint density at radius 3 is 2.83 bits per heavy atom. The monoisotopic (exact) mass is 240 g/mol. The summed E-state index contributed by atoms with van der Waals surface area (Å²) in [4.78, 5) is 15.2. The second-order valence-electron chi connectivity index (χ2n) is 3.55. The minimum Gasteiger partial charge on any atom is -0.322 e. The molecule has 1 N–H and O–H groups in total. The first-order valence-corrected chi connectivity index (χ1v) is 5.18. The van der Waals surface area contributed by atoms with Gasteiger partial charge in [0, 0.05) is 17.4 Å². The molecular weight excluding hydrogens is 231 g/mol. The van der Waals surface area contributed by atoms with Gasteiger partial charge in [-0.2, -0.15) is 4.39 Å². The van der Waals surface area contributed by atoms with E-state index in [0.29, 0.717) is 11.3 Å². The molecule has 88 valence electrons. The maximum atomic E-state index is 12.6. The lowest BCUT2D eigenvalue weighted by Crippen LogP contribution is -2.12. The minimum absolute atomic E-state index is 0.280. The first-order chi connectivity index (χ1) is 8.69. The van der Waals surface area contributed by atoms with Crippen molar-refractivity contribution in [2.24, 2.45) is 0 Å². The largest absolute Gasteiger partial charge is 0.322 e. The molecule has 0 fully saturated rings. The number of halogens is 1. The molecule has 0 bridgehead atoms. The number of rotatable bonds is 2. The number of hydrogen-bond acceptors (Lipinski definition) is 2. The van der Waals surface area contributed by atoms with E-state index < -0.39 is 5.95 Å². The summed E-state index contributed by atoms with van der Waals surface area (Å²) in [6.45, 7) is 0. The summed E-state index contributed by atoms with van der Waals surface area (Å²) in [5.41, 5.74) is 1.53. The van der Waals surface area contributed by atoms with Crippen molar-refractivity contribution in [2.45, 2.75) is 0 Å². The first-order valence-electron chi connectivity index (χ1n) is 5.18. The van der Waals surface area contributed by atoms with E-state index in [0.717, 1.165) is 6.07 Å². The summed E-state index contributed by atoms with van der Waals surface area (Å²) < 4.78 is 12.6. The molecule has 1 aromatic heterocycles. The van der Waals surface area contributed by atoms with E-state index in [4.69, 9.17) is 6.42 Å². The topological polar surface area (TPSA) is 42.0 Å². The van der Waals surface area contributed by atoms with E-state index in [-0.39, 0.29) is 11.5 Å². The van der Waals surface area contributed by atoms with Crippen molar-refractivity contribution in [2.75, 3.05) is 5.32 Å². The molecule has 1 heterocycles. The van der Waals surface area contributed by atoms with Crippen molar-refractivity contribution < 1.29 is 9.18 Å². The van der Waals surface area contributed by atoms with Crippen LogP contribution in [0.2, 0.25) is 0 Å². The summed E-state index contributed by atoms with van der Waals surface area (Å²) in [6, 6.07) is 9.39. The molecule has 1 aromatic carbocycles. The Balaban J connectivity index is 2.16. The number of pyridine rings is 1. The molecule has 0 radical (unpaired) electrons. The van der Waals surface area contributed by atoms with Gasteiger partial charge in [-0.15, -0.1) is 6.42 Å². The second-order valence-corrected chi connectivity index (χ2v) is 3.55. The molecule has 0 aliphatic heterocycles. The van der Waals surface area contributed by atoms with Crippen molar-refractivity contribution in [3.63, 3.8) is 0 Å². The smallest absolute Gasteiger partial charge is 0.257 e. The molecule has 3 nitrogen and oxygen atoms in total. The third kappa shape index (κ3) is 2.71. The van der Waals surface area contributed by atoms with Gasteiger partial charge >= 0.3 is 0 Å². The lowest BCUT2D eigenvalue weighted by molar-refractivity contribution is 0.102. The van der Waals surface area contributed by atoms with Gasteiger partial charge in [-0.3, -0.25) is 4.79 Å². The molecule has 0 spiro atoms. The fraction of sp³-hybridized carbons (Fsp3) is 0. The van der Waals surface area contributed by atoms with Crippen LogP contribution in [0, 0.1) is 18.3 Å². The molecule has 2 aromatic rings. The molecule has 0 aliphatic rings. The van der Waals surface area contributed by atoms with E-state index in [9.17, 15) is 9.18 Å². The Kier molecular flexibility index (Phi) is 3.35. The molecule has 0 saturated heterocycles. The van der Waals surface area contributed by atoms with E-state index in [1.807, 2.05) is 0 Å². The molecule has 0 atom stereocenters. The van der Waals surface area contributed by atoms with Gasteiger partial charge in [0.25, 0.3) is 5.91 Å². The van der Waals surface area contributed by atoms with Gasteiger partial charge in [0.15, 0.2) is 0 Å². The third-order valence-corrected chi connectivity index (χ3v) is 2.28. The molecule has 2 rings (SSSR count). The van der Waals surface area contributed by atoms with Gasteiger partial charge in [0.2, 0.25) is 5.95 Å². The van der Waals surface area contributed by atoms with Gasteiger partial charge in [-0.1, -0.05) is 12.0 Å². The Morgan fingerprint density at radius 2 is 2.17 bits per heavy atom. The maximum absolute atomic E-state index is 12.6. The van der Waals surface area contributed by atoms with Gasteiger partial charge < -0.3 is 5.32 Å². The van der Waals surface area contributed by atoms with Crippen molar-refractivity contribution in [3.05, 3.63) is 59.7 Å². The second kappa shape index (κ2) is 5.11. The minimum atomic E-state index is -0.624. The predicted molar refractivity (Wildman–Crippen MR) is 66.5 cm³/mol. The zero-order valence-electron chi connectivity index (χ0n) is 9.35. The van der Waals surface area contributed by atoms with Crippen LogP contribution in [-0.4, -0.2) is 10.9 Å². The fourth-order valence-electron chi connectivity index (χ4n) is 1.40. The molecule has 0 unspecified atom stereocenters. The van der Waals surface area contributed by atoms with E-state index in [1.54, 1.807) is 24.3 Å². The SMILES string of the molecule is C#Cc1cccc(NC(=O)c2ccc(F)nc2)c1. The number of nitrogens with one attached hydrogen (secondary N) is 1. The van der Waals surface area contributed by atoms with E-state index >= 15 is 0 Å². The summed E-state index contributed by atoms with van der Waals surface area (Å²) >= 11 is 0. The average Bonchev–Trinajstić information content (AvgIpc) is 2.39. The molecule has 0 aliphatic carbocycles. The summed E-state index contributed by atoms with van der Waals surface area (Å²) in [5, 5.41) is 2.66. The van der Waals surface area contributed by atoms with E-state index in [1.165, 1.54) is 12.3 Å². The molecule has 1 amide bonds. The molecule has 0 saturated carbocycles. The predicted octanol–water partition coefficient (Wildman–Crippen LogP) is 2.45. The molecular formula is C14H9FN2O. The Labute approximate surface area is 104 Å². The summed E-state index contributed by atoms with van der Waals surface area (Å²) in [6.07, 6.45) is 6.44. The number of aromatic nitrogens is 1. The highest BCUT2D eigenvalue weighted by atomic mass is 19.1. The van der Waals surface area contributed by atoms with Crippen LogP contribution in [0.5, 0.6) is 0 Å². The van der Waals surface area contributed by atoms with Crippen LogP contribution < -0.4 is 5.32 Å². The van der Waals surface area contributed by atoms with Gasteiger partial charge in [-0.05, 0) is 30.3 Å². The molecule has 18 heavy (non-hydrogen) atoms. The van der Waals surface area contributed by atoms with Gasteiger partial charge in [0.1, 0.15) is 0 Å². The van der Waals surface area contributed by atoms with Crippen LogP contribution >= 0.6 is 0 Å². The highest BCUT2D eigenvalue weighted by Gasteiger charge is 2.06. The van der Waals surface area contributed by atoms with Crippen molar-refractivity contribution in [1.29, 1.82) is 0 Å². The lowest BCUT2D eigenvalue weighted by atomic mass is 10.2. The standard InChI is InChI=1S/C14H9FN2O/c1-2-10-4-3-5-12(8-10)17-14(18)11-6-7-13(15)16-9-11/h1,3-9H,(H,17,18). The number of carbonyl (C=O) groups is 1. The number of benzene rings is 1. The van der Waals surface area contributed by atoms with Crippen LogP contribution in [0.25, 0.3) is 0 Å². The number of amides is 1. The number of anilines is 1. The Hall–Kier alpha value is -2.67. The Morgan fingerprint density at radius 1 is 1.33 bits per heavy atom. The van der Waals surface area contributed by atoms with Crippen molar-refractivity contribution in [3.8, 4) is 12.3 Å². The van der Waals surface area contributed by atoms with Crippen LogP contribution in [-0.2, 0) is 0 Å². The van der Waals surface area contributed by atoms with E-state index in [2.05, 4.69) is 16.2 Å². The number of carbonyl (C=O) groups excluding carboxylic acids is 1. The number of hydrogen-bond donors (Lipinski definition) is 1. The van der Waals surface area contributed by atoms with Crippen LogP contribution in [0.15, 0.2) is 42.6 Å². The van der Waals surface area contributed by atoms with Crippen molar-refractivity contribution in [1.82, 2.24) is 4.98 Å². The Bertz CT molecular complexity index is 614. The van der Waals surface area contributed by atoms with Crippen LogP contribution in [0.4, 0.5) is 10.1 Å². The quantitative estimate of drug-likeness (QED) is 0.647. The fourth-order valence-corrected chi connectivity index (χ4v) is 1.40. The van der Waals surface area contributed by atoms with Crippen LogP contribution in [0.1, 0.15) is 15.9 Å². The number of nitrogens with zero attached hydrogens (tertiary/aromatic N) is 1. The normalized spacial score (nSPS) is 9.56. The van der Waals surface area contributed by atoms with Gasteiger partial charge in [0.05, 0.1) is 5.56 Å². The maximum Gasteiger partial charge on any atom is 0.257 e. The van der Waals surface area contributed by atoms with Crippen LogP contribution in [0.3, 0.4) is 0 Å². The third-order valence-electron chi connectivity index (χ3n) is 2.28. The highest BCUT2D eigenvalue weighted by molar-refractivity contribution is 6.04. The summed E-state index contributed by atoms with van der Waals surface area (Å²) in [7, 11) is 0.